The molecule has 0 aliphatic carbocycles. The number of aliphatic carboxylic acids is 1. The maximum absolute atomic E-state index is 12.3. The van der Waals surface area contributed by atoms with E-state index >= 15 is 0 Å². The third-order valence-electron chi connectivity index (χ3n) is 4.21. The quantitative estimate of drug-likeness (QED) is 0.625. The number of carboxylic acid groups (broad SMARTS) is 1. The number of anilines is 1. The maximum atomic E-state index is 12.3. The van der Waals surface area contributed by atoms with Crippen LogP contribution >= 0.6 is 24.0 Å². The SMILES string of the molecule is CCN1/C(=C\C=C2/SC(=S)N(CC(=O)O)C2=O)Oc2cc(C)c(C)cc21. The minimum Gasteiger partial charge on any atom is -0.480 e. The maximum Gasteiger partial charge on any atom is 0.323 e. The van der Waals surface area contributed by atoms with Crippen molar-refractivity contribution in [2.24, 2.45) is 0 Å². The van der Waals surface area contributed by atoms with E-state index in [-0.39, 0.29) is 4.32 Å². The average Bonchev–Trinajstić information content (AvgIpc) is 3.04. The van der Waals surface area contributed by atoms with E-state index in [9.17, 15) is 9.59 Å². The fourth-order valence-corrected chi connectivity index (χ4v) is 3.93. The number of carbonyl (C=O) groups excluding carboxylic acids is 1. The van der Waals surface area contributed by atoms with Crippen molar-refractivity contribution >= 4 is 45.9 Å². The molecule has 3 rings (SSSR count). The first-order chi connectivity index (χ1) is 12.3. The van der Waals surface area contributed by atoms with Gasteiger partial charge in [0.05, 0.1) is 10.6 Å². The predicted octanol–water partition coefficient (Wildman–Crippen LogP) is 3.19. The van der Waals surface area contributed by atoms with Crippen LogP contribution in [0.3, 0.4) is 0 Å². The molecule has 0 bridgehead atoms. The second-order valence-electron chi connectivity index (χ2n) is 5.94. The zero-order valence-corrected chi connectivity index (χ0v) is 16.2. The van der Waals surface area contributed by atoms with Crippen molar-refractivity contribution in [2.45, 2.75) is 20.8 Å². The Morgan fingerprint density at radius 2 is 1.96 bits per heavy atom. The number of nitrogens with zero attached hydrogens (tertiary/aromatic N) is 2. The number of allylic oxidation sites excluding steroid dienone is 2. The molecule has 0 saturated carbocycles. The summed E-state index contributed by atoms with van der Waals surface area (Å²) in [5, 5.41) is 8.89. The molecule has 0 spiro atoms. The minimum atomic E-state index is -1.10. The Bertz CT molecular complexity index is 876. The molecular formula is C18H18N2O4S2. The molecule has 1 aromatic carbocycles. The van der Waals surface area contributed by atoms with Crippen LogP contribution in [0.2, 0.25) is 0 Å². The Hall–Kier alpha value is -2.32. The van der Waals surface area contributed by atoms with Gasteiger partial charge in [-0.25, -0.2) is 0 Å². The third-order valence-corrected chi connectivity index (χ3v) is 5.60. The van der Waals surface area contributed by atoms with Crippen LogP contribution in [-0.4, -0.2) is 39.3 Å². The number of hydrogen-bond acceptors (Lipinski definition) is 6. The van der Waals surface area contributed by atoms with E-state index in [1.165, 1.54) is 5.56 Å². The number of ether oxygens (including phenoxy) is 1. The number of aryl methyl sites for hydroxylation is 2. The number of benzene rings is 1. The second-order valence-corrected chi connectivity index (χ2v) is 7.62. The predicted molar refractivity (Wildman–Crippen MR) is 105 cm³/mol. The van der Waals surface area contributed by atoms with E-state index in [0.717, 1.165) is 40.2 Å². The van der Waals surface area contributed by atoms with Gasteiger partial charge in [0.15, 0.2) is 5.75 Å². The van der Waals surface area contributed by atoms with Crippen LogP contribution in [0.25, 0.3) is 0 Å². The topological polar surface area (TPSA) is 70.1 Å². The molecule has 1 N–H and O–H groups in total. The number of hydrogen-bond donors (Lipinski definition) is 1. The largest absolute Gasteiger partial charge is 0.480 e. The van der Waals surface area contributed by atoms with Gasteiger partial charge in [-0.3, -0.25) is 14.5 Å². The smallest absolute Gasteiger partial charge is 0.323 e. The second kappa shape index (κ2) is 7.13. The number of carbonyl (C=O) groups is 2. The monoisotopic (exact) mass is 390 g/mol. The van der Waals surface area contributed by atoms with Crippen LogP contribution in [0.4, 0.5) is 5.69 Å². The summed E-state index contributed by atoms with van der Waals surface area (Å²) in [4.78, 5) is 26.7. The van der Waals surface area contributed by atoms with E-state index in [0.29, 0.717) is 10.8 Å². The zero-order valence-electron chi connectivity index (χ0n) is 14.6. The Kier molecular flexibility index (Phi) is 5.06. The number of rotatable bonds is 4. The van der Waals surface area contributed by atoms with Gasteiger partial charge in [0.1, 0.15) is 10.9 Å². The zero-order chi connectivity index (χ0) is 19.0. The van der Waals surface area contributed by atoms with Gasteiger partial charge in [-0.15, -0.1) is 0 Å². The fraction of sp³-hybridized carbons (Fsp3) is 0.278. The Balaban J connectivity index is 1.87. The van der Waals surface area contributed by atoms with Gasteiger partial charge in [-0.05, 0) is 50.1 Å². The van der Waals surface area contributed by atoms with Crippen LogP contribution in [0.1, 0.15) is 18.1 Å². The molecule has 0 atom stereocenters. The highest BCUT2D eigenvalue weighted by atomic mass is 32.2. The summed E-state index contributed by atoms with van der Waals surface area (Å²) >= 11 is 6.19. The molecule has 1 amide bonds. The molecule has 0 radical (unpaired) electrons. The van der Waals surface area contributed by atoms with Crippen molar-refractivity contribution in [2.75, 3.05) is 18.0 Å². The average molecular weight is 390 g/mol. The van der Waals surface area contributed by atoms with Crippen LogP contribution in [0, 0.1) is 13.8 Å². The molecule has 2 aliphatic heterocycles. The normalized spacial score (nSPS) is 19.5. The number of carboxylic acids is 1. The highest BCUT2D eigenvalue weighted by Crippen LogP contribution is 2.41. The van der Waals surface area contributed by atoms with Crippen molar-refractivity contribution in [3.63, 3.8) is 0 Å². The van der Waals surface area contributed by atoms with Gasteiger partial charge in [-0.1, -0.05) is 24.0 Å². The Morgan fingerprint density at radius 1 is 1.27 bits per heavy atom. The summed E-state index contributed by atoms with van der Waals surface area (Å²) in [6.07, 6.45) is 3.35. The summed E-state index contributed by atoms with van der Waals surface area (Å²) in [6, 6.07) is 4.09. The molecule has 8 heteroatoms. The molecule has 1 saturated heterocycles. The first kappa shape index (κ1) is 18.5. The van der Waals surface area contributed by atoms with Gasteiger partial charge >= 0.3 is 5.97 Å². The van der Waals surface area contributed by atoms with E-state index in [4.69, 9.17) is 22.1 Å². The summed E-state index contributed by atoms with van der Waals surface area (Å²) in [5.41, 5.74) is 3.32. The summed E-state index contributed by atoms with van der Waals surface area (Å²) in [5.74, 6) is -0.0908. The Labute approximate surface area is 161 Å². The lowest BCUT2D eigenvalue weighted by Crippen LogP contribution is -2.33. The highest BCUT2D eigenvalue weighted by molar-refractivity contribution is 8.26. The minimum absolute atomic E-state index is 0.247. The lowest BCUT2D eigenvalue weighted by atomic mass is 10.1. The van der Waals surface area contributed by atoms with Gasteiger partial charge in [0.2, 0.25) is 5.88 Å². The van der Waals surface area contributed by atoms with Gasteiger partial charge < -0.3 is 14.7 Å². The molecule has 136 valence electrons. The number of thiocarbonyl (C=S) groups is 1. The van der Waals surface area contributed by atoms with E-state index in [2.05, 4.69) is 13.0 Å². The van der Waals surface area contributed by atoms with E-state index < -0.39 is 18.4 Å². The van der Waals surface area contributed by atoms with Crippen molar-refractivity contribution in [1.82, 2.24) is 4.90 Å². The summed E-state index contributed by atoms with van der Waals surface area (Å²) in [7, 11) is 0. The van der Waals surface area contributed by atoms with Crippen molar-refractivity contribution in [3.8, 4) is 5.75 Å². The molecule has 1 fully saturated rings. The lowest BCUT2D eigenvalue weighted by molar-refractivity contribution is -0.140. The van der Waals surface area contributed by atoms with Crippen LogP contribution in [-0.2, 0) is 9.59 Å². The molecule has 26 heavy (non-hydrogen) atoms. The molecule has 6 nitrogen and oxygen atoms in total. The molecule has 0 aromatic heterocycles. The van der Waals surface area contributed by atoms with Crippen molar-refractivity contribution < 1.29 is 19.4 Å². The molecular weight excluding hydrogens is 372 g/mol. The van der Waals surface area contributed by atoms with Gasteiger partial charge in [0, 0.05) is 12.6 Å². The first-order valence-electron chi connectivity index (χ1n) is 8.06. The van der Waals surface area contributed by atoms with Crippen LogP contribution in [0.5, 0.6) is 5.75 Å². The van der Waals surface area contributed by atoms with Crippen LogP contribution < -0.4 is 9.64 Å². The van der Waals surface area contributed by atoms with Gasteiger partial charge in [0.25, 0.3) is 5.91 Å². The third kappa shape index (κ3) is 3.34. The summed E-state index contributed by atoms with van der Waals surface area (Å²) < 4.78 is 6.19. The number of thioether (sulfide) groups is 1. The summed E-state index contributed by atoms with van der Waals surface area (Å²) in [6.45, 7) is 6.40. The van der Waals surface area contributed by atoms with Crippen molar-refractivity contribution in [3.05, 3.63) is 46.2 Å². The standard InChI is InChI=1S/C18H18N2O4S2/c1-4-19-12-7-10(2)11(3)8-13(12)24-15(19)6-5-14-17(23)20(9-16(21)22)18(25)26-14/h5-8H,4,9H2,1-3H3,(H,21,22)/b14-5-,15-6+. The van der Waals surface area contributed by atoms with E-state index in [1.54, 1.807) is 12.2 Å². The number of amides is 1. The van der Waals surface area contributed by atoms with Gasteiger partial charge in [-0.2, -0.15) is 0 Å². The van der Waals surface area contributed by atoms with Crippen molar-refractivity contribution in [1.29, 1.82) is 0 Å². The fourth-order valence-electron chi connectivity index (χ4n) is 2.74. The lowest BCUT2D eigenvalue weighted by Gasteiger charge is -2.15. The highest BCUT2D eigenvalue weighted by Gasteiger charge is 2.33. The molecule has 1 aromatic rings. The molecule has 0 unspecified atom stereocenters. The first-order valence-corrected chi connectivity index (χ1v) is 9.28. The van der Waals surface area contributed by atoms with Crippen LogP contribution in [0.15, 0.2) is 35.1 Å². The molecule has 2 aliphatic rings. The van der Waals surface area contributed by atoms with E-state index in [1.807, 2.05) is 24.8 Å². The number of fused-ring (bicyclic) bond motifs is 1. The Morgan fingerprint density at radius 3 is 2.62 bits per heavy atom. The molecule has 2 heterocycles.